The highest BCUT2D eigenvalue weighted by molar-refractivity contribution is 9.10. The zero-order chi connectivity index (χ0) is 17.3. The molecule has 0 saturated carbocycles. The summed E-state index contributed by atoms with van der Waals surface area (Å²) in [7, 11) is 0. The van der Waals surface area contributed by atoms with E-state index >= 15 is 0 Å². The van der Waals surface area contributed by atoms with Gasteiger partial charge in [-0.25, -0.2) is 19.4 Å². The summed E-state index contributed by atoms with van der Waals surface area (Å²) in [6.45, 7) is 0. The first-order chi connectivity index (χ1) is 11.5. The number of benzene rings is 1. The smallest absolute Gasteiger partial charge is 0.258 e. The summed E-state index contributed by atoms with van der Waals surface area (Å²) in [4.78, 5) is 26.7. The maximum absolute atomic E-state index is 12.0. The third-order valence-electron chi connectivity index (χ3n) is 2.91. The van der Waals surface area contributed by atoms with Gasteiger partial charge in [0.1, 0.15) is 0 Å². The van der Waals surface area contributed by atoms with Gasteiger partial charge in [0.15, 0.2) is 5.03 Å². The number of hydrogen-bond donors (Lipinski definition) is 1. The van der Waals surface area contributed by atoms with Crippen molar-refractivity contribution < 1.29 is 4.92 Å². The molecule has 0 spiro atoms. The Labute approximate surface area is 152 Å². The number of aromatic nitrogens is 4. The van der Waals surface area contributed by atoms with E-state index in [0.717, 1.165) is 11.8 Å². The molecule has 11 heteroatoms. The van der Waals surface area contributed by atoms with Crippen molar-refractivity contribution in [3.63, 3.8) is 0 Å². The molecule has 2 heterocycles. The van der Waals surface area contributed by atoms with E-state index in [2.05, 4.69) is 31.1 Å². The summed E-state index contributed by atoms with van der Waals surface area (Å²) in [5, 5.41) is 18.3. The van der Waals surface area contributed by atoms with Crippen molar-refractivity contribution in [1.29, 1.82) is 0 Å². The van der Waals surface area contributed by atoms with Gasteiger partial charge in [-0.3, -0.25) is 10.1 Å². The number of rotatable bonds is 4. The average molecular weight is 429 g/mol. The molecule has 0 atom stereocenters. The molecule has 0 bridgehead atoms. The monoisotopic (exact) mass is 427 g/mol. The Morgan fingerprint density at radius 2 is 2.04 bits per heavy atom. The zero-order valence-corrected chi connectivity index (χ0v) is 14.8. The molecule has 8 nitrogen and oxygen atoms in total. The second-order valence-electron chi connectivity index (χ2n) is 4.46. The lowest BCUT2D eigenvalue weighted by Gasteiger charge is -2.05. The van der Waals surface area contributed by atoms with Gasteiger partial charge < -0.3 is 0 Å². The van der Waals surface area contributed by atoms with Gasteiger partial charge >= 0.3 is 11.4 Å². The Hall–Kier alpha value is -2.17. The predicted molar refractivity (Wildman–Crippen MR) is 91.9 cm³/mol. The highest BCUT2D eigenvalue weighted by Crippen LogP contribution is 2.33. The van der Waals surface area contributed by atoms with Crippen molar-refractivity contribution in [3.8, 4) is 5.69 Å². The molecule has 0 amide bonds. The van der Waals surface area contributed by atoms with Crippen molar-refractivity contribution >= 4 is 45.0 Å². The summed E-state index contributed by atoms with van der Waals surface area (Å²) in [6.07, 6.45) is 1.44. The van der Waals surface area contributed by atoms with Crippen molar-refractivity contribution in [2.75, 3.05) is 0 Å². The third kappa shape index (κ3) is 3.35. The van der Waals surface area contributed by atoms with Crippen LogP contribution in [0.3, 0.4) is 0 Å². The van der Waals surface area contributed by atoms with Crippen molar-refractivity contribution in [2.24, 2.45) is 0 Å². The summed E-state index contributed by atoms with van der Waals surface area (Å²) in [6, 6.07) is 7.89. The molecule has 0 aliphatic heterocycles. The van der Waals surface area contributed by atoms with E-state index in [4.69, 9.17) is 11.6 Å². The van der Waals surface area contributed by atoms with Crippen LogP contribution in [-0.4, -0.2) is 24.7 Å². The maximum Gasteiger partial charge on any atom is 0.348 e. The van der Waals surface area contributed by atoms with E-state index in [-0.39, 0.29) is 15.9 Å². The van der Waals surface area contributed by atoms with Gasteiger partial charge in [0.2, 0.25) is 5.16 Å². The minimum atomic E-state index is -0.544. The second kappa shape index (κ2) is 6.75. The molecule has 1 aromatic carbocycles. The molecule has 0 radical (unpaired) electrons. The van der Waals surface area contributed by atoms with Gasteiger partial charge in [0.05, 0.1) is 10.6 Å². The Morgan fingerprint density at radius 1 is 1.33 bits per heavy atom. The summed E-state index contributed by atoms with van der Waals surface area (Å²) in [5.74, 6) is 0. The highest BCUT2D eigenvalue weighted by atomic mass is 79.9. The summed E-state index contributed by atoms with van der Waals surface area (Å²) < 4.78 is 1.77. The number of nitrogens with zero attached hydrogens (tertiary/aromatic N) is 4. The molecule has 3 aromatic rings. The highest BCUT2D eigenvalue weighted by Gasteiger charge is 2.21. The fraction of sp³-hybridized carbons (Fsp3) is 0. The van der Waals surface area contributed by atoms with Crippen LogP contribution in [0.25, 0.3) is 5.69 Å². The van der Waals surface area contributed by atoms with Crippen LogP contribution in [0, 0.1) is 10.1 Å². The molecule has 0 fully saturated rings. The number of nitrogens with one attached hydrogen (secondary N) is 1. The van der Waals surface area contributed by atoms with Crippen LogP contribution in [0.5, 0.6) is 0 Å². The van der Waals surface area contributed by atoms with Crippen molar-refractivity contribution in [3.05, 3.63) is 66.6 Å². The Morgan fingerprint density at radius 3 is 2.71 bits per heavy atom. The molecular weight excluding hydrogens is 422 g/mol. The Balaban J connectivity index is 2.05. The van der Waals surface area contributed by atoms with E-state index in [0.29, 0.717) is 15.2 Å². The second-order valence-corrected chi connectivity index (χ2v) is 6.77. The lowest BCUT2D eigenvalue weighted by molar-refractivity contribution is -0.388. The largest absolute Gasteiger partial charge is 0.348 e. The molecule has 122 valence electrons. The van der Waals surface area contributed by atoms with Gasteiger partial charge in [0.25, 0.3) is 0 Å². The fourth-order valence-corrected chi connectivity index (χ4v) is 3.21. The lowest BCUT2D eigenvalue weighted by atomic mass is 10.3. The average Bonchev–Trinajstić information content (AvgIpc) is 2.90. The zero-order valence-electron chi connectivity index (χ0n) is 11.6. The Kier molecular flexibility index (Phi) is 4.69. The third-order valence-corrected chi connectivity index (χ3v) is 4.56. The Bertz CT molecular complexity index is 972. The van der Waals surface area contributed by atoms with Gasteiger partial charge in [-0.05, 0) is 52.0 Å². The van der Waals surface area contributed by atoms with Gasteiger partial charge in [-0.15, -0.1) is 5.10 Å². The molecule has 2 aromatic heterocycles. The lowest BCUT2D eigenvalue weighted by Crippen LogP contribution is -2.15. The quantitative estimate of drug-likeness (QED) is 0.504. The first-order valence-corrected chi connectivity index (χ1v) is 8.35. The first-order valence-electron chi connectivity index (χ1n) is 6.37. The molecule has 0 saturated heterocycles. The minimum absolute atomic E-state index is 0.123. The SMILES string of the molecule is O=c1[nH]nc(Sc2ncc(Br)cc2[N+](=O)[O-])n1-c1ccc(Cl)cc1. The molecule has 0 unspecified atom stereocenters. The van der Waals surface area contributed by atoms with Crippen LogP contribution in [-0.2, 0) is 0 Å². The topological polar surface area (TPSA) is 107 Å². The number of halogens is 2. The maximum atomic E-state index is 12.0. The van der Waals surface area contributed by atoms with Crippen LogP contribution in [0.4, 0.5) is 5.69 Å². The standard InChI is InChI=1S/C13H7BrClN5O3S/c14-7-5-10(20(22)23)11(16-6-7)24-13-18-17-12(21)19(13)9-3-1-8(15)2-4-9/h1-6H,(H,17,21). The van der Waals surface area contributed by atoms with Crippen molar-refractivity contribution in [2.45, 2.75) is 10.2 Å². The molecule has 1 N–H and O–H groups in total. The van der Waals surface area contributed by atoms with Crippen LogP contribution in [0.2, 0.25) is 5.02 Å². The number of aromatic amines is 1. The number of nitro groups is 1. The minimum Gasteiger partial charge on any atom is -0.258 e. The molecule has 24 heavy (non-hydrogen) atoms. The van der Waals surface area contributed by atoms with Gasteiger partial charge in [-0.1, -0.05) is 11.6 Å². The van der Waals surface area contributed by atoms with E-state index in [1.54, 1.807) is 24.3 Å². The van der Waals surface area contributed by atoms with Crippen LogP contribution >= 0.6 is 39.3 Å². The molecule has 0 aliphatic carbocycles. The van der Waals surface area contributed by atoms with E-state index in [1.807, 2.05) is 0 Å². The molecule has 0 aliphatic rings. The predicted octanol–water partition coefficient (Wildman–Crippen LogP) is 3.43. The van der Waals surface area contributed by atoms with Crippen LogP contribution in [0.1, 0.15) is 0 Å². The van der Waals surface area contributed by atoms with E-state index < -0.39 is 10.6 Å². The summed E-state index contributed by atoms with van der Waals surface area (Å²) >= 11 is 9.91. The normalized spacial score (nSPS) is 10.8. The molecular formula is C13H7BrClN5O3S. The fourth-order valence-electron chi connectivity index (χ4n) is 1.88. The molecule has 3 rings (SSSR count). The summed E-state index contributed by atoms with van der Waals surface area (Å²) in [5.41, 5.74) is -0.132. The van der Waals surface area contributed by atoms with E-state index in [9.17, 15) is 14.9 Å². The number of H-pyrrole nitrogens is 1. The van der Waals surface area contributed by atoms with Crippen molar-refractivity contribution in [1.82, 2.24) is 19.7 Å². The van der Waals surface area contributed by atoms with Crippen LogP contribution < -0.4 is 5.69 Å². The number of pyridine rings is 1. The first kappa shape index (κ1) is 16.7. The van der Waals surface area contributed by atoms with Gasteiger partial charge in [-0.2, -0.15) is 0 Å². The van der Waals surface area contributed by atoms with E-state index in [1.165, 1.54) is 16.8 Å². The number of hydrogen-bond acceptors (Lipinski definition) is 6. The van der Waals surface area contributed by atoms with Gasteiger partial charge in [0, 0.05) is 21.8 Å². The van der Waals surface area contributed by atoms with Crippen LogP contribution in [0.15, 0.2) is 56.0 Å².